The van der Waals surface area contributed by atoms with Gasteiger partial charge in [0, 0.05) is 12.7 Å². The molecule has 11 heteroatoms. The second-order valence-corrected chi connectivity index (χ2v) is 6.40. The molecular weight excluding hydrogens is 400 g/mol. The third kappa shape index (κ3) is 3.24. The number of carbonyl (C=O) groups is 1. The molecule has 2 aromatic carbocycles. The Morgan fingerprint density at radius 2 is 1.93 bits per heavy atom. The topological polar surface area (TPSA) is 124 Å². The van der Waals surface area contributed by atoms with Gasteiger partial charge in [-0.15, -0.1) is 0 Å². The van der Waals surface area contributed by atoms with Crippen molar-refractivity contribution in [3.05, 3.63) is 52.3 Å². The average molecular weight is 415 g/mol. The molecule has 2 aromatic heterocycles. The quantitative estimate of drug-likeness (QED) is 0.460. The summed E-state index contributed by atoms with van der Waals surface area (Å²) in [4.78, 5) is 31.6. The third-order valence-electron chi connectivity index (χ3n) is 4.59. The maximum absolute atomic E-state index is 14.5. The van der Waals surface area contributed by atoms with Crippen LogP contribution < -0.4 is 10.5 Å². The van der Waals surface area contributed by atoms with Crippen molar-refractivity contribution in [3.8, 4) is 11.3 Å². The van der Waals surface area contributed by atoms with Gasteiger partial charge in [0.05, 0.1) is 35.0 Å². The molecule has 0 saturated carbocycles. The largest absolute Gasteiger partial charge is 0.465 e. The molecule has 0 bridgehead atoms. The van der Waals surface area contributed by atoms with Crippen LogP contribution in [0, 0.1) is 11.6 Å². The van der Waals surface area contributed by atoms with Crippen molar-refractivity contribution in [2.24, 2.45) is 0 Å². The van der Waals surface area contributed by atoms with Crippen LogP contribution in [-0.2, 0) is 4.74 Å². The van der Waals surface area contributed by atoms with Crippen LogP contribution in [-0.4, -0.2) is 51.6 Å². The maximum atomic E-state index is 14.5. The van der Waals surface area contributed by atoms with Crippen LogP contribution in [0.3, 0.4) is 0 Å². The summed E-state index contributed by atoms with van der Waals surface area (Å²) in [6.45, 7) is 0.238. The fourth-order valence-electron chi connectivity index (χ4n) is 3.18. The van der Waals surface area contributed by atoms with Crippen LogP contribution in [0.2, 0.25) is 0 Å². The first-order valence-electron chi connectivity index (χ1n) is 8.76. The molecule has 4 aromatic rings. The fourth-order valence-corrected chi connectivity index (χ4v) is 3.18. The summed E-state index contributed by atoms with van der Waals surface area (Å²) in [5.74, 6) is -1.57. The van der Waals surface area contributed by atoms with Gasteiger partial charge in [-0.3, -0.25) is 4.79 Å². The highest BCUT2D eigenvalue weighted by atomic mass is 19.1. The zero-order chi connectivity index (χ0) is 21.4. The van der Waals surface area contributed by atoms with Gasteiger partial charge in [0.1, 0.15) is 17.3 Å². The minimum atomic E-state index is -1.21. The van der Waals surface area contributed by atoms with Crippen LogP contribution in [0.15, 0.2) is 35.1 Å². The minimum absolute atomic E-state index is 0.0362. The van der Waals surface area contributed by atoms with E-state index in [1.165, 1.54) is 7.11 Å². The number of methoxy groups -OCH3 is 1. The van der Waals surface area contributed by atoms with Crippen LogP contribution >= 0.6 is 0 Å². The predicted octanol–water partition coefficient (Wildman–Crippen LogP) is 2.88. The third-order valence-corrected chi connectivity index (χ3v) is 4.59. The zero-order valence-electron chi connectivity index (χ0n) is 15.6. The molecule has 0 aliphatic carbocycles. The number of halogens is 2. The number of aromatic amines is 2. The summed E-state index contributed by atoms with van der Waals surface area (Å²) >= 11 is 0. The monoisotopic (exact) mass is 415 g/mol. The number of aromatic nitrogens is 4. The highest BCUT2D eigenvalue weighted by molar-refractivity contribution is 5.96. The summed E-state index contributed by atoms with van der Waals surface area (Å²) < 4.78 is 33.5. The van der Waals surface area contributed by atoms with E-state index >= 15 is 0 Å². The molecule has 2 heterocycles. The molecule has 0 radical (unpaired) electrons. The number of amides is 1. The van der Waals surface area contributed by atoms with Crippen molar-refractivity contribution >= 4 is 33.8 Å². The first-order chi connectivity index (χ1) is 14.4. The molecule has 154 valence electrons. The molecule has 0 aliphatic heterocycles. The maximum Gasteiger partial charge on any atom is 0.414 e. The predicted molar refractivity (Wildman–Crippen MR) is 105 cm³/mol. The van der Waals surface area contributed by atoms with Crippen LogP contribution in [0.4, 0.5) is 19.5 Å². The Kier molecular flexibility index (Phi) is 4.88. The van der Waals surface area contributed by atoms with Crippen LogP contribution in [0.25, 0.3) is 33.1 Å². The van der Waals surface area contributed by atoms with Crippen molar-refractivity contribution in [2.45, 2.75) is 0 Å². The molecule has 30 heavy (non-hydrogen) atoms. The second kappa shape index (κ2) is 7.52. The van der Waals surface area contributed by atoms with Crippen molar-refractivity contribution in [3.63, 3.8) is 0 Å². The summed E-state index contributed by atoms with van der Waals surface area (Å²) in [6, 6.07) is 6.51. The number of benzene rings is 2. The molecule has 3 N–H and O–H groups in total. The highest BCUT2D eigenvalue weighted by Gasteiger charge is 2.20. The van der Waals surface area contributed by atoms with Crippen molar-refractivity contribution in [1.82, 2.24) is 20.2 Å². The van der Waals surface area contributed by atoms with Gasteiger partial charge in [-0.05, 0) is 24.3 Å². The normalized spacial score (nSPS) is 11.3. The average Bonchev–Trinajstić information content (AvgIpc) is 3.13. The van der Waals surface area contributed by atoms with E-state index in [4.69, 9.17) is 4.74 Å². The lowest BCUT2D eigenvalue weighted by Gasteiger charge is -2.14. The Hall–Kier alpha value is -3.86. The number of anilines is 1. The number of nitrogens with one attached hydrogen (secondary N) is 2. The number of fused-ring (bicyclic) bond motifs is 2. The summed E-state index contributed by atoms with van der Waals surface area (Å²) in [6.07, 6.45) is -1.21. The molecule has 0 spiro atoms. The van der Waals surface area contributed by atoms with E-state index in [1.807, 2.05) is 0 Å². The van der Waals surface area contributed by atoms with Gasteiger partial charge in [0.25, 0.3) is 5.56 Å². The molecular formula is C19H15F2N5O4. The van der Waals surface area contributed by atoms with Gasteiger partial charge in [-0.1, -0.05) is 6.07 Å². The number of nitrogens with zero attached hydrogens (tertiary/aromatic N) is 3. The standard InChI is InChI=1S/C19H15F2N5O4/c1-30-7-6-26(19(28)29)18-22-12-5-2-9(8-13(12)23-18)16-14-10(20)3-4-11(21)15(14)17(27)25-24-16/h2-5,8H,6-7H2,1H3,(H,22,23)(H,25,27)(H,28,29). The molecule has 0 saturated heterocycles. The number of ether oxygens (including phenoxy) is 1. The van der Waals surface area contributed by atoms with E-state index in [2.05, 4.69) is 20.2 Å². The molecule has 0 aliphatic rings. The van der Waals surface area contributed by atoms with Gasteiger partial charge in [-0.2, -0.15) is 5.10 Å². The highest BCUT2D eigenvalue weighted by Crippen LogP contribution is 2.30. The van der Waals surface area contributed by atoms with Crippen molar-refractivity contribution in [1.29, 1.82) is 0 Å². The Labute approximate surface area is 166 Å². The van der Waals surface area contributed by atoms with Gasteiger partial charge in [-0.25, -0.2) is 28.6 Å². The number of carboxylic acid groups (broad SMARTS) is 1. The van der Waals surface area contributed by atoms with Gasteiger partial charge >= 0.3 is 6.09 Å². The van der Waals surface area contributed by atoms with E-state index in [0.29, 0.717) is 16.6 Å². The Morgan fingerprint density at radius 3 is 2.63 bits per heavy atom. The van der Waals surface area contributed by atoms with Crippen LogP contribution in [0.1, 0.15) is 0 Å². The summed E-state index contributed by atoms with van der Waals surface area (Å²) in [5, 5.41) is 14.8. The minimum Gasteiger partial charge on any atom is -0.465 e. The van der Waals surface area contributed by atoms with Gasteiger partial charge in [0.2, 0.25) is 5.95 Å². The molecule has 0 fully saturated rings. The Balaban J connectivity index is 1.86. The van der Waals surface area contributed by atoms with E-state index in [1.54, 1.807) is 18.2 Å². The Morgan fingerprint density at radius 1 is 1.20 bits per heavy atom. The number of hydrogen-bond donors (Lipinski definition) is 3. The van der Waals surface area contributed by atoms with E-state index in [0.717, 1.165) is 17.0 Å². The van der Waals surface area contributed by atoms with Crippen molar-refractivity contribution < 1.29 is 23.4 Å². The van der Waals surface area contributed by atoms with Gasteiger partial charge < -0.3 is 14.8 Å². The smallest absolute Gasteiger partial charge is 0.414 e. The Bertz CT molecular complexity index is 1330. The lowest BCUT2D eigenvalue weighted by atomic mass is 10.0. The van der Waals surface area contributed by atoms with E-state index < -0.39 is 28.7 Å². The lowest BCUT2D eigenvalue weighted by Crippen LogP contribution is -2.33. The molecule has 9 nitrogen and oxygen atoms in total. The summed E-state index contributed by atoms with van der Waals surface area (Å²) in [7, 11) is 1.45. The summed E-state index contributed by atoms with van der Waals surface area (Å²) in [5.41, 5.74) is 0.476. The first-order valence-corrected chi connectivity index (χ1v) is 8.76. The molecule has 0 atom stereocenters. The molecule has 0 unspecified atom stereocenters. The zero-order valence-corrected chi connectivity index (χ0v) is 15.6. The van der Waals surface area contributed by atoms with Crippen molar-refractivity contribution in [2.75, 3.05) is 25.2 Å². The molecule has 1 amide bonds. The SMILES string of the molecule is COCCN(C(=O)O)c1nc2ccc(-c3n[nH]c(=O)c4c(F)ccc(F)c34)cc2[nH]1. The number of rotatable bonds is 5. The first kappa shape index (κ1) is 19.5. The van der Waals surface area contributed by atoms with E-state index in [9.17, 15) is 23.5 Å². The fraction of sp³-hybridized carbons (Fsp3) is 0.158. The number of imidazole rings is 1. The second-order valence-electron chi connectivity index (χ2n) is 6.40. The van der Waals surface area contributed by atoms with E-state index in [-0.39, 0.29) is 30.2 Å². The molecule has 4 rings (SSSR count). The number of hydrogen-bond acceptors (Lipinski definition) is 5. The number of H-pyrrole nitrogens is 2. The van der Waals surface area contributed by atoms with Gasteiger partial charge in [0.15, 0.2) is 0 Å². The lowest BCUT2D eigenvalue weighted by molar-refractivity contribution is 0.186. The van der Waals surface area contributed by atoms with Crippen LogP contribution in [0.5, 0.6) is 0 Å².